The molecule has 21 heavy (non-hydrogen) atoms. The summed E-state index contributed by atoms with van der Waals surface area (Å²) in [6, 6.07) is 5.84. The number of aryl methyl sites for hydroxylation is 1. The number of anilines is 1. The second kappa shape index (κ2) is 6.17. The average molecular weight is 354 g/mol. The van der Waals surface area contributed by atoms with Gasteiger partial charge in [-0.2, -0.15) is 4.98 Å². The van der Waals surface area contributed by atoms with E-state index >= 15 is 0 Å². The molecule has 1 aromatic carbocycles. The molecule has 7 heteroatoms. The second-order valence-electron chi connectivity index (χ2n) is 4.49. The van der Waals surface area contributed by atoms with Gasteiger partial charge in [0.05, 0.1) is 15.9 Å². The minimum Gasteiger partial charge on any atom is -0.322 e. The van der Waals surface area contributed by atoms with Crippen molar-refractivity contribution in [1.82, 2.24) is 9.55 Å². The lowest BCUT2D eigenvalue weighted by Crippen LogP contribution is -2.31. The maximum Gasteiger partial charge on any atom is 0.348 e. The van der Waals surface area contributed by atoms with Crippen molar-refractivity contribution in [3.8, 4) is 0 Å². The molecule has 0 radical (unpaired) electrons. The molecule has 1 amide bonds. The summed E-state index contributed by atoms with van der Waals surface area (Å²) in [4.78, 5) is 27.6. The molecule has 0 aliphatic carbocycles. The number of carbonyl (C=O) groups excluding carboxylic acids is 1. The molecule has 0 fully saturated rings. The highest BCUT2D eigenvalue weighted by molar-refractivity contribution is 9.10. The van der Waals surface area contributed by atoms with Crippen molar-refractivity contribution >= 4 is 27.5 Å². The molecule has 0 aliphatic heterocycles. The van der Waals surface area contributed by atoms with E-state index in [2.05, 4.69) is 26.2 Å². The van der Waals surface area contributed by atoms with E-state index in [4.69, 9.17) is 0 Å². The quantitative estimate of drug-likeness (QED) is 0.921. The van der Waals surface area contributed by atoms with Crippen molar-refractivity contribution in [3.05, 3.63) is 56.4 Å². The van der Waals surface area contributed by atoms with Crippen LogP contribution in [-0.2, 0) is 11.3 Å². The Balaban J connectivity index is 2.23. The van der Waals surface area contributed by atoms with E-state index in [9.17, 15) is 14.0 Å². The molecule has 1 N–H and O–H groups in total. The zero-order valence-electron chi connectivity index (χ0n) is 11.5. The van der Waals surface area contributed by atoms with E-state index in [1.54, 1.807) is 19.9 Å². The Morgan fingerprint density at radius 2 is 2.05 bits per heavy atom. The predicted octanol–water partition coefficient (Wildman–Crippen LogP) is 2.40. The Morgan fingerprint density at radius 3 is 2.71 bits per heavy atom. The van der Waals surface area contributed by atoms with Gasteiger partial charge < -0.3 is 5.32 Å². The standard InChI is InChI=1S/C14H13BrFN3O2/c1-8-13(15)9(2)19(14(21)17-8)7-12(20)18-11-6-4-3-5-10(11)16/h3-6H,7H2,1-2H3,(H,18,20). The van der Waals surface area contributed by atoms with Gasteiger partial charge in [0.15, 0.2) is 0 Å². The third-order valence-electron chi connectivity index (χ3n) is 2.98. The molecule has 1 aromatic heterocycles. The van der Waals surface area contributed by atoms with Gasteiger partial charge in [-0.3, -0.25) is 9.36 Å². The van der Waals surface area contributed by atoms with Crippen LogP contribution in [0.1, 0.15) is 11.4 Å². The van der Waals surface area contributed by atoms with Crippen molar-refractivity contribution in [3.63, 3.8) is 0 Å². The van der Waals surface area contributed by atoms with Crippen molar-refractivity contribution in [2.45, 2.75) is 20.4 Å². The monoisotopic (exact) mass is 353 g/mol. The highest BCUT2D eigenvalue weighted by Gasteiger charge is 2.13. The first-order chi connectivity index (χ1) is 9.90. The van der Waals surface area contributed by atoms with Crippen LogP contribution in [0.4, 0.5) is 10.1 Å². The van der Waals surface area contributed by atoms with Gasteiger partial charge in [0, 0.05) is 5.69 Å². The summed E-state index contributed by atoms with van der Waals surface area (Å²) in [5.74, 6) is -1.03. The highest BCUT2D eigenvalue weighted by Crippen LogP contribution is 2.17. The van der Waals surface area contributed by atoms with Crippen LogP contribution < -0.4 is 11.0 Å². The van der Waals surface area contributed by atoms with E-state index in [0.717, 1.165) is 0 Å². The van der Waals surface area contributed by atoms with Gasteiger partial charge in [0.2, 0.25) is 5.91 Å². The third-order valence-corrected chi connectivity index (χ3v) is 4.13. The molecule has 0 spiro atoms. The number of amides is 1. The van der Waals surface area contributed by atoms with Crippen molar-refractivity contribution in [1.29, 1.82) is 0 Å². The summed E-state index contributed by atoms with van der Waals surface area (Å²) in [6.07, 6.45) is 0. The fourth-order valence-electron chi connectivity index (χ4n) is 1.86. The summed E-state index contributed by atoms with van der Waals surface area (Å²) < 4.78 is 15.4. The Hall–Kier alpha value is -2.02. The first kappa shape index (κ1) is 15.4. The Labute approximate surface area is 129 Å². The van der Waals surface area contributed by atoms with Crippen LogP contribution >= 0.6 is 15.9 Å². The summed E-state index contributed by atoms with van der Waals surface area (Å²) >= 11 is 3.32. The molecule has 0 saturated heterocycles. The maximum absolute atomic E-state index is 13.5. The number of rotatable bonds is 3. The van der Waals surface area contributed by atoms with Crippen LogP contribution in [0.25, 0.3) is 0 Å². The van der Waals surface area contributed by atoms with Gasteiger partial charge in [-0.1, -0.05) is 12.1 Å². The van der Waals surface area contributed by atoms with Gasteiger partial charge in [0.1, 0.15) is 12.4 Å². The largest absolute Gasteiger partial charge is 0.348 e. The average Bonchev–Trinajstić information content (AvgIpc) is 2.44. The predicted molar refractivity (Wildman–Crippen MR) is 80.7 cm³/mol. The first-order valence-corrected chi connectivity index (χ1v) is 6.97. The van der Waals surface area contributed by atoms with E-state index in [1.807, 2.05) is 0 Å². The maximum atomic E-state index is 13.5. The SMILES string of the molecule is Cc1nc(=O)n(CC(=O)Nc2ccccc2F)c(C)c1Br. The summed E-state index contributed by atoms with van der Waals surface area (Å²) in [6.45, 7) is 3.17. The van der Waals surface area contributed by atoms with Crippen molar-refractivity contribution in [2.24, 2.45) is 0 Å². The number of para-hydroxylation sites is 1. The molecular weight excluding hydrogens is 341 g/mol. The summed E-state index contributed by atoms with van der Waals surface area (Å²) in [5, 5.41) is 2.43. The Kier molecular flexibility index (Phi) is 4.52. The smallest absolute Gasteiger partial charge is 0.322 e. The molecule has 2 aromatic rings. The third kappa shape index (κ3) is 3.36. The number of hydrogen-bond acceptors (Lipinski definition) is 3. The molecule has 0 bridgehead atoms. The lowest BCUT2D eigenvalue weighted by Gasteiger charge is -2.12. The van der Waals surface area contributed by atoms with Crippen LogP contribution in [0, 0.1) is 19.7 Å². The number of nitrogens with one attached hydrogen (secondary N) is 1. The lowest BCUT2D eigenvalue weighted by atomic mass is 10.3. The Bertz CT molecular complexity index is 758. The van der Waals surface area contributed by atoms with Crippen molar-refractivity contribution in [2.75, 3.05) is 5.32 Å². The van der Waals surface area contributed by atoms with E-state index in [-0.39, 0.29) is 12.2 Å². The second-order valence-corrected chi connectivity index (χ2v) is 5.29. The van der Waals surface area contributed by atoms with Gasteiger partial charge in [0.25, 0.3) is 0 Å². The molecule has 0 atom stereocenters. The summed E-state index contributed by atoms with van der Waals surface area (Å²) in [5.41, 5.74) is 0.712. The van der Waals surface area contributed by atoms with Gasteiger partial charge in [-0.25, -0.2) is 9.18 Å². The molecule has 1 heterocycles. The number of hydrogen-bond donors (Lipinski definition) is 1. The minimum atomic E-state index is -0.530. The number of benzene rings is 1. The molecular formula is C14H13BrFN3O2. The van der Waals surface area contributed by atoms with Gasteiger partial charge in [-0.05, 0) is 41.9 Å². The first-order valence-electron chi connectivity index (χ1n) is 6.18. The molecule has 0 unspecified atom stereocenters. The molecule has 2 rings (SSSR count). The lowest BCUT2D eigenvalue weighted by molar-refractivity contribution is -0.116. The Morgan fingerprint density at radius 1 is 1.38 bits per heavy atom. The van der Waals surface area contributed by atoms with Crippen LogP contribution in [0.15, 0.2) is 33.5 Å². The van der Waals surface area contributed by atoms with Crippen LogP contribution in [0.5, 0.6) is 0 Å². The number of aromatic nitrogens is 2. The van der Waals surface area contributed by atoms with E-state index in [1.165, 1.54) is 22.8 Å². The highest BCUT2D eigenvalue weighted by atomic mass is 79.9. The number of halogens is 2. The van der Waals surface area contributed by atoms with E-state index < -0.39 is 17.4 Å². The molecule has 5 nitrogen and oxygen atoms in total. The zero-order valence-corrected chi connectivity index (χ0v) is 13.1. The van der Waals surface area contributed by atoms with Crippen LogP contribution in [0.3, 0.4) is 0 Å². The van der Waals surface area contributed by atoms with Gasteiger partial charge in [-0.15, -0.1) is 0 Å². The van der Waals surface area contributed by atoms with Gasteiger partial charge >= 0.3 is 5.69 Å². The minimum absolute atomic E-state index is 0.0762. The number of nitrogens with zero attached hydrogens (tertiary/aromatic N) is 2. The topological polar surface area (TPSA) is 64.0 Å². The van der Waals surface area contributed by atoms with Crippen LogP contribution in [0.2, 0.25) is 0 Å². The van der Waals surface area contributed by atoms with Crippen molar-refractivity contribution < 1.29 is 9.18 Å². The molecule has 110 valence electrons. The number of carbonyl (C=O) groups is 1. The molecule has 0 saturated carbocycles. The fourth-order valence-corrected chi connectivity index (χ4v) is 2.16. The molecule has 0 aliphatic rings. The zero-order chi connectivity index (χ0) is 15.6. The van der Waals surface area contributed by atoms with E-state index in [0.29, 0.717) is 15.9 Å². The van der Waals surface area contributed by atoms with Crippen LogP contribution in [-0.4, -0.2) is 15.5 Å². The normalized spacial score (nSPS) is 10.5. The fraction of sp³-hybridized carbons (Fsp3) is 0.214. The summed E-state index contributed by atoms with van der Waals surface area (Å²) in [7, 11) is 0.